The minimum atomic E-state index is 0. The molecule has 22 heavy (non-hydrogen) atoms. The number of likely N-dealkylation sites (tertiary alicyclic amines) is 1. The molecule has 0 bridgehead atoms. The molecule has 0 aromatic carbocycles. The highest BCUT2D eigenvalue weighted by atomic mass is 35.5. The van der Waals surface area contributed by atoms with Crippen molar-refractivity contribution in [2.24, 2.45) is 5.41 Å². The van der Waals surface area contributed by atoms with Crippen molar-refractivity contribution in [1.82, 2.24) is 15.1 Å². The summed E-state index contributed by atoms with van der Waals surface area (Å²) in [7, 11) is 0. The van der Waals surface area contributed by atoms with Crippen molar-refractivity contribution in [3.05, 3.63) is 21.9 Å². The van der Waals surface area contributed by atoms with E-state index in [4.69, 9.17) is 0 Å². The maximum Gasteiger partial charge on any atom is 0.237 e. The lowest BCUT2D eigenvalue weighted by atomic mass is 9.87. The van der Waals surface area contributed by atoms with E-state index >= 15 is 0 Å². The van der Waals surface area contributed by atoms with Crippen molar-refractivity contribution in [2.45, 2.75) is 25.8 Å². The highest BCUT2D eigenvalue weighted by Gasteiger charge is 2.40. The largest absolute Gasteiger partial charge is 0.337 e. The number of amides is 1. The summed E-state index contributed by atoms with van der Waals surface area (Å²) < 4.78 is 0. The van der Waals surface area contributed by atoms with Gasteiger partial charge in [0.2, 0.25) is 5.91 Å². The Morgan fingerprint density at radius 3 is 3.09 bits per heavy atom. The summed E-state index contributed by atoms with van der Waals surface area (Å²) in [5.41, 5.74) is 1.82. The molecule has 1 aromatic heterocycles. The standard InChI is InChI=1S/C16H23N3OS.ClH/c20-15(19-6-1-14-13(9-19)2-8-21-14)10-18-7-4-16(12-18)3-5-17-11-16;/h2,8,17H,1,3-7,9-12H2;1H. The van der Waals surface area contributed by atoms with Gasteiger partial charge in [0.1, 0.15) is 0 Å². The number of rotatable bonds is 2. The second kappa shape index (κ2) is 6.48. The van der Waals surface area contributed by atoms with Gasteiger partial charge in [-0.2, -0.15) is 0 Å². The van der Waals surface area contributed by atoms with Gasteiger partial charge in [-0.05, 0) is 54.8 Å². The van der Waals surface area contributed by atoms with Gasteiger partial charge in [-0.15, -0.1) is 23.7 Å². The van der Waals surface area contributed by atoms with Crippen LogP contribution in [0.3, 0.4) is 0 Å². The van der Waals surface area contributed by atoms with E-state index < -0.39 is 0 Å². The van der Waals surface area contributed by atoms with Crippen LogP contribution >= 0.6 is 23.7 Å². The van der Waals surface area contributed by atoms with Crippen LogP contribution in [0.2, 0.25) is 0 Å². The van der Waals surface area contributed by atoms with Crippen LogP contribution in [0.5, 0.6) is 0 Å². The number of thiophene rings is 1. The number of hydrogen-bond donors (Lipinski definition) is 1. The van der Waals surface area contributed by atoms with Crippen molar-refractivity contribution in [1.29, 1.82) is 0 Å². The molecule has 2 saturated heterocycles. The summed E-state index contributed by atoms with van der Waals surface area (Å²) in [5.74, 6) is 0.315. The van der Waals surface area contributed by atoms with Gasteiger partial charge in [0, 0.05) is 31.1 Å². The summed E-state index contributed by atoms with van der Waals surface area (Å²) in [6.07, 6.45) is 3.56. The number of fused-ring (bicyclic) bond motifs is 1. The molecule has 0 saturated carbocycles. The molecule has 3 aliphatic heterocycles. The fraction of sp³-hybridized carbons (Fsp3) is 0.688. The molecule has 1 aromatic rings. The zero-order chi connectivity index (χ0) is 14.3. The predicted molar refractivity (Wildman–Crippen MR) is 91.7 cm³/mol. The molecule has 1 atom stereocenters. The van der Waals surface area contributed by atoms with Gasteiger partial charge >= 0.3 is 0 Å². The zero-order valence-electron chi connectivity index (χ0n) is 12.8. The van der Waals surface area contributed by atoms with Crippen molar-refractivity contribution in [3.63, 3.8) is 0 Å². The molecule has 1 N–H and O–H groups in total. The molecule has 2 fully saturated rings. The molecule has 1 unspecified atom stereocenters. The summed E-state index contributed by atoms with van der Waals surface area (Å²) in [6, 6.07) is 2.18. The third-order valence-electron chi connectivity index (χ3n) is 5.37. The van der Waals surface area contributed by atoms with Gasteiger partial charge in [0.25, 0.3) is 0 Å². The summed E-state index contributed by atoms with van der Waals surface area (Å²) >= 11 is 1.83. The van der Waals surface area contributed by atoms with Crippen LogP contribution in [0.25, 0.3) is 0 Å². The Balaban J connectivity index is 0.00000144. The second-order valence-corrected chi connectivity index (χ2v) is 7.82. The first-order valence-corrected chi connectivity index (χ1v) is 8.88. The maximum atomic E-state index is 12.6. The second-order valence-electron chi connectivity index (χ2n) is 6.82. The first kappa shape index (κ1) is 16.2. The summed E-state index contributed by atoms with van der Waals surface area (Å²) in [6.45, 7) is 6.80. The average Bonchev–Trinajstić information content (AvgIpc) is 3.21. The number of halogens is 1. The minimum Gasteiger partial charge on any atom is -0.337 e. The number of hydrogen-bond acceptors (Lipinski definition) is 4. The molecule has 0 radical (unpaired) electrons. The van der Waals surface area contributed by atoms with Gasteiger partial charge in [-0.25, -0.2) is 0 Å². The van der Waals surface area contributed by atoms with E-state index in [1.54, 1.807) is 0 Å². The zero-order valence-corrected chi connectivity index (χ0v) is 14.5. The van der Waals surface area contributed by atoms with Crippen LogP contribution in [0.15, 0.2) is 11.4 Å². The SMILES string of the molecule is Cl.O=C(CN1CCC2(CCNC2)C1)N1CCc2sccc2C1. The molecule has 0 aliphatic carbocycles. The molecule has 1 amide bonds. The average molecular weight is 342 g/mol. The fourth-order valence-electron chi connectivity index (χ4n) is 4.06. The van der Waals surface area contributed by atoms with Crippen molar-refractivity contribution in [2.75, 3.05) is 39.3 Å². The lowest BCUT2D eigenvalue weighted by Gasteiger charge is -2.29. The van der Waals surface area contributed by atoms with Crippen molar-refractivity contribution < 1.29 is 4.79 Å². The molecule has 4 heterocycles. The lowest BCUT2D eigenvalue weighted by Crippen LogP contribution is -2.42. The van der Waals surface area contributed by atoms with Crippen LogP contribution in [-0.4, -0.2) is 55.0 Å². The number of nitrogens with zero attached hydrogens (tertiary/aromatic N) is 2. The van der Waals surface area contributed by atoms with E-state index in [2.05, 4.69) is 21.7 Å². The Kier molecular flexibility index (Phi) is 4.78. The van der Waals surface area contributed by atoms with E-state index in [1.807, 2.05) is 16.2 Å². The Hall–Kier alpha value is -0.620. The molecule has 3 aliphatic rings. The molecule has 4 nitrogen and oxygen atoms in total. The van der Waals surface area contributed by atoms with Gasteiger partial charge in [-0.3, -0.25) is 9.69 Å². The minimum absolute atomic E-state index is 0. The van der Waals surface area contributed by atoms with Crippen molar-refractivity contribution in [3.8, 4) is 0 Å². The van der Waals surface area contributed by atoms with Crippen LogP contribution in [0.4, 0.5) is 0 Å². The molecule has 1 spiro atoms. The summed E-state index contributed by atoms with van der Waals surface area (Å²) in [4.78, 5) is 18.5. The topological polar surface area (TPSA) is 35.6 Å². The normalized spacial score (nSPS) is 27.9. The summed E-state index contributed by atoms with van der Waals surface area (Å²) in [5, 5.41) is 5.63. The lowest BCUT2D eigenvalue weighted by molar-refractivity contribution is -0.133. The first-order valence-electron chi connectivity index (χ1n) is 8.00. The van der Waals surface area contributed by atoms with Crippen molar-refractivity contribution >= 4 is 29.7 Å². The van der Waals surface area contributed by atoms with E-state index in [-0.39, 0.29) is 12.4 Å². The van der Waals surface area contributed by atoms with E-state index in [0.29, 0.717) is 17.9 Å². The fourth-order valence-corrected chi connectivity index (χ4v) is 4.95. The Morgan fingerprint density at radius 2 is 2.27 bits per heavy atom. The van der Waals surface area contributed by atoms with Gasteiger partial charge < -0.3 is 10.2 Å². The van der Waals surface area contributed by atoms with Gasteiger partial charge in [0.15, 0.2) is 0 Å². The highest BCUT2D eigenvalue weighted by Crippen LogP contribution is 2.36. The van der Waals surface area contributed by atoms with Crippen LogP contribution < -0.4 is 5.32 Å². The van der Waals surface area contributed by atoms with E-state index in [9.17, 15) is 4.79 Å². The Bertz CT molecular complexity index is 541. The third kappa shape index (κ3) is 3.04. The number of carbonyl (C=O) groups is 1. The Morgan fingerprint density at radius 1 is 1.36 bits per heavy atom. The van der Waals surface area contributed by atoms with E-state index in [0.717, 1.165) is 45.7 Å². The van der Waals surface area contributed by atoms with Crippen LogP contribution in [0.1, 0.15) is 23.3 Å². The molecular weight excluding hydrogens is 318 g/mol. The van der Waals surface area contributed by atoms with Crippen LogP contribution in [-0.2, 0) is 17.8 Å². The molecule has 122 valence electrons. The van der Waals surface area contributed by atoms with Gasteiger partial charge in [0.05, 0.1) is 6.54 Å². The van der Waals surface area contributed by atoms with Gasteiger partial charge in [-0.1, -0.05) is 0 Å². The molecule has 6 heteroatoms. The monoisotopic (exact) mass is 341 g/mol. The predicted octanol–water partition coefficient (Wildman–Crippen LogP) is 1.74. The number of carbonyl (C=O) groups excluding carboxylic acids is 1. The first-order chi connectivity index (χ1) is 10.2. The smallest absolute Gasteiger partial charge is 0.237 e. The maximum absolute atomic E-state index is 12.6. The Labute approximate surface area is 142 Å². The van der Waals surface area contributed by atoms with Crippen LogP contribution in [0, 0.1) is 5.41 Å². The molecular formula is C16H24ClN3OS. The molecule has 4 rings (SSSR count). The van der Waals surface area contributed by atoms with E-state index in [1.165, 1.54) is 23.3 Å². The third-order valence-corrected chi connectivity index (χ3v) is 6.39. The number of nitrogens with one attached hydrogen (secondary N) is 1. The highest BCUT2D eigenvalue weighted by molar-refractivity contribution is 7.10. The quantitative estimate of drug-likeness (QED) is 0.890.